The normalized spacial score (nSPS) is 11.2. The molecule has 0 heterocycles. The Morgan fingerprint density at radius 3 is 2.25 bits per heavy atom. The number of carboxylic acid groups (broad SMARTS) is 1. The zero-order valence-corrected chi connectivity index (χ0v) is 12.1. The Hall–Kier alpha value is -1.83. The van der Waals surface area contributed by atoms with Crippen LogP contribution in [0.15, 0.2) is 11.0 Å². The molecule has 0 aliphatic carbocycles. The van der Waals surface area contributed by atoms with E-state index < -0.39 is 26.5 Å². The molecule has 0 saturated carbocycles. The van der Waals surface area contributed by atoms with E-state index in [1.807, 2.05) is 0 Å². The molecule has 0 fully saturated rings. The molecule has 1 aromatic carbocycles. The Balaban J connectivity index is 3.52. The molecule has 20 heavy (non-hydrogen) atoms. The van der Waals surface area contributed by atoms with Crippen molar-refractivity contribution in [3.05, 3.63) is 17.4 Å². The van der Waals surface area contributed by atoms with Crippen molar-refractivity contribution in [1.82, 2.24) is 0 Å². The minimum absolute atomic E-state index is 0.00414. The first-order valence-corrected chi connectivity index (χ1v) is 7.46. The van der Waals surface area contributed by atoms with E-state index in [0.29, 0.717) is 0 Å². The van der Waals surface area contributed by atoms with Gasteiger partial charge in [-0.25, -0.2) is 12.8 Å². The molecule has 1 aromatic rings. The quantitative estimate of drug-likeness (QED) is 0.851. The standard InChI is InChI=1S/C12H15FO6S/c1-18-10-7(4-5-9(14)15)6-8(13)12(11(10)19-2)20(3,16)17/h6H,4-5H2,1-3H3,(H,14,15). The third-order valence-corrected chi connectivity index (χ3v) is 3.73. The second-order valence-electron chi connectivity index (χ2n) is 4.08. The number of ether oxygens (including phenoxy) is 2. The van der Waals surface area contributed by atoms with Gasteiger partial charge in [0.15, 0.2) is 21.3 Å². The Labute approximate surface area is 116 Å². The molecule has 0 aliphatic heterocycles. The lowest BCUT2D eigenvalue weighted by atomic mass is 10.1. The number of benzene rings is 1. The summed E-state index contributed by atoms with van der Waals surface area (Å²) in [5, 5.41) is 8.66. The Kier molecular flexibility index (Phi) is 4.93. The first-order chi connectivity index (χ1) is 9.22. The average Bonchev–Trinajstić information content (AvgIpc) is 2.33. The van der Waals surface area contributed by atoms with E-state index in [1.165, 1.54) is 14.2 Å². The van der Waals surface area contributed by atoms with Gasteiger partial charge in [0, 0.05) is 18.2 Å². The van der Waals surface area contributed by atoms with Gasteiger partial charge in [0.25, 0.3) is 0 Å². The first kappa shape index (κ1) is 16.2. The fourth-order valence-electron chi connectivity index (χ4n) is 1.82. The fraction of sp³-hybridized carbons (Fsp3) is 0.417. The number of hydrogen-bond donors (Lipinski definition) is 1. The number of halogens is 1. The Morgan fingerprint density at radius 1 is 1.30 bits per heavy atom. The highest BCUT2D eigenvalue weighted by molar-refractivity contribution is 7.90. The lowest BCUT2D eigenvalue weighted by molar-refractivity contribution is -0.136. The third kappa shape index (κ3) is 3.38. The second kappa shape index (κ2) is 6.08. The predicted octanol–water partition coefficient (Wildman–Crippen LogP) is 1.26. The summed E-state index contributed by atoms with van der Waals surface area (Å²) in [5.41, 5.74) is 0.233. The van der Waals surface area contributed by atoms with Crippen molar-refractivity contribution in [1.29, 1.82) is 0 Å². The van der Waals surface area contributed by atoms with Crippen molar-refractivity contribution in [2.45, 2.75) is 17.7 Å². The summed E-state index contributed by atoms with van der Waals surface area (Å²) in [7, 11) is -1.40. The van der Waals surface area contributed by atoms with E-state index in [9.17, 15) is 17.6 Å². The van der Waals surface area contributed by atoms with Crippen molar-refractivity contribution in [2.24, 2.45) is 0 Å². The number of carbonyl (C=O) groups is 1. The van der Waals surface area contributed by atoms with Crippen LogP contribution in [0.3, 0.4) is 0 Å². The van der Waals surface area contributed by atoms with Crippen LogP contribution < -0.4 is 9.47 Å². The SMILES string of the molecule is COc1c(CCC(=O)O)cc(F)c(S(C)(=O)=O)c1OC. The molecule has 6 nitrogen and oxygen atoms in total. The number of methoxy groups -OCH3 is 2. The largest absolute Gasteiger partial charge is 0.493 e. The summed E-state index contributed by atoms with van der Waals surface area (Å²) in [4.78, 5) is 9.98. The molecule has 0 unspecified atom stereocenters. The zero-order valence-electron chi connectivity index (χ0n) is 11.3. The predicted molar refractivity (Wildman–Crippen MR) is 68.6 cm³/mol. The van der Waals surface area contributed by atoms with E-state index in [2.05, 4.69) is 0 Å². The van der Waals surface area contributed by atoms with Crippen LogP contribution in [-0.4, -0.2) is 40.0 Å². The van der Waals surface area contributed by atoms with Crippen LogP contribution in [-0.2, 0) is 21.1 Å². The molecule has 0 aliphatic rings. The highest BCUT2D eigenvalue weighted by Crippen LogP contribution is 2.39. The van der Waals surface area contributed by atoms with Gasteiger partial charge in [0.1, 0.15) is 10.7 Å². The van der Waals surface area contributed by atoms with E-state index >= 15 is 0 Å². The van der Waals surface area contributed by atoms with Gasteiger partial charge in [-0.15, -0.1) is 0 Å². The summed E-state index contributed by atoms with van der Waals surface area (Å²) >= 11 is 0. The lowest BCUT2D eigenvalue weighted by Gasteiger charge is -2.16. The fourth-order valence-corrected chi connectivity index (χ4v) is 2.75. The molecule has 0 spiro atoms. The van der Waals surface area contributed by atoms with Crippen LogP contribution in [0, 0.1) is 5.82 Å². The lowest BCUT2D eigenvalue weighted by Crippen LogP contribution is -2.09. The molecule has 112 valence electrons. The molecular formula is C12H15FO6S. The molecule has 0 radical (unpaired) electrons. The van der Waals surface area contributed by atoms with E-state index in [4.69, 9.17) is 14.6 Å². The van der Waals surface area contributed by atoms with Gasteiger partial charge in [0.05, 0.1) is 14.2 Å². The van der Waals surface area contributed by atoms with Gasteiger partial charge in [-0.3, -0.25) is 4.79 Å². The summed E-state index contributed by atoms with van der Waals surface area (Å²) in [6.07, 6.45) is 0.608. The molecule has 0 atom stereocenters. The first-order valence-electron chi connectivity index (χ1n) is 5.57. The zero-order chi connectivity index (χ0) is 15.5. The van der Waals surface area contributed by atoms with E-state index in [1.54, 1.807) is 0 Å². The van der Waals surface area contributed by atoms with Gasteiger partial charge < -0.3 is 14.6 Å². The molecule has 0 bridgehead atoms. The summed E-state index contributed by atoms with van der Waals surface area (Å²) in [6.45, 7) is 0. The molecule has 1 rings (SSSR count). The van der Waals surface area contributed by atoms with Gasteiger partial charge >= 0.3 is 5.97 Å². The number of carboxylic acids is 1. The summed E-state index contributed by atoms with van der Waals surface area (Å²) in [5.74, 6) is -2.28. The van der Waals surface area contributed by atoms with Crippen molar-refractivity contribution in [3.8, 4) is 11.5 Å². The van der Waals surface area contributed by atoms with Gasteiger partial charge in [0.2, 0.25) is 0 Å². The van der Waals surface area contributed by atoms with Crippen LogP contribution in [0.2, 0.25) is 0 Å². The molecule has 0 aromatic heterocycles. The van der Waals surface area contributed by atoms with Gasteiger partial charge in [-0.05, 0) is 12.5 Å². The summed E-state index contributed by atoms with van der Waals surface area (Å²) in [6, 6.07) is 0.959. The number of aliphatic carboxylic acids is 1. The smallest absolute Gasteiger partial charge is 0.303 e. The van der Waals surface area contributed by atoms with Gasteiger partial charge in [-0.1, -0.05) is 0 Å². The maximum absolute atomic E-state index is 14.0. The molecule has 1 N–H and O–H groups in total. The van der Waals surface area contributed by atoms with Crippen LogP contribution in [0.25, 0.3) is 0 Å². The third-order valence-electron chi connectivity index (χ3n) is 2.61. The molecule has 8 heteroatoms. The monoisotopic (exact) mass is 306 g/mol. The Bertz CT molecular complexity index is 623. The number of rotatable bonds is 6. The maximum atomic E-state index is 14.0. The number of hydrogen-bond acceptors (Lipinski definition) is 5. The van der Waals surface area contributed by atoms with Crippen molar-refractivity contribution >= 4 is 15.8 Å². The molecule has 0 amide bonds. The minimum atomic E-state index is -3.85. The second-order valence-corrected chi connectivity index (χ2v) is 6.03. The van der Waals surface area contributed by atoms with Crippen LogP contribution in [0.4, 0.5) is 4.39 Å². The summed E-state index contributed by atoms with van der Waals surface area (Å²) < 4.78 is 47.2. The molecular weight excluding hydrogens is 291 g/mol. The van der Waals surface area contributed by atoms with E-state index in [-0.39, 0.29) is 29.9 Å². The molecule has 0 saturated heterocycles. The maximum Gasteiger partial charge on any atom is 0.303 e. The van der Waals surface area contributed by atoms with Crippen LogP contribution in [0.5, 0.6) is 11.5 Å². The Morgan fingerprint density at radius 2 is 1.85 bits per heavy atom. The average molecular weight is 306 g/mol. The van der Waals surface area contributed by atoms with Gasteiger partial charge in [-0.2, -0.15) is 0 Å². The van der Waals surface area contributed by atoms with E-state index in [0.717, 1.165) is 12.3 Å². The topological polar surface area (TPSA) is 89.9 Å². The number of aryl methyl sites for hydroxylation is 1. The van der Waals surface area contributed by atoms with Crippen molar-refractivity contribution in [2.75, 3.05) is 20.5 Å². The highest BCUT2D eigenvalue weighted by Gasteiger charge is 2.26. The highest BCUT2D eigenvalue weighted by atomic mass is 32.2. The van der Waals surface area contributed by atoms with Crippen LogP contribution >= 0.6 is 0 Å². The minimum Gasteiger partial charge on any atom is -0.493 e. The van der Waals surface area contributed by atoms with Crippen molar-refractivity contribution in [3.63, 3.8) is 0 Å². The van der Waals surface area contributed by atoms with Crippen molar-refractivity contribution < 1.29 is 32.2 Å². The number of sulfone groups is 1. The van der Waals surface area contributed by atoms with Crippen LogP contribution in [0.1, 0.15) is 12.0 Å².